The Balaban J connectivity index is 2.24. The Kier molecular flexibility index (Phi) is 5.75. The first-order valence-corrected chi connectivity index (χ1v) is 7.68. The lowest BCUT2D eigenvalue weighted by atomic mass is 10.3. The third kappa shape index (κ3) is 4.94. The highest BCUT2D eigenvalue weighted by Crippen LogP contribution is 2.06. The third-order valence-electron chi connectivity index (χ3n) is 2.50. The highest BCUT2D eigenvalue weighted by molar-refractivity contribution is 14.1. The summed E-state index contributed by atoms with van der Waals surface area (Å²) in [6.45, 7) is 4.63. The van der Waals surface area contributed by atoms with Crippen LogP contribution >= 0.6 is 23.0 Å². The first-order valence-electron chi connectivity index (χ1n) is 4.95. The molecular weight excluding hydrogens is 331 g/mol. The van der Waals surface area contributed by atoms with Crippen LogP contribution in [0, 0.1) is 0 Å². The largest absolute Gasteiger partial charge is 0.316 e. The van der Waals surface area contributed by atoms with Crippen molar-refractivity contribution in [3.63, 3.8) is 0 Å². The molecule has 0 saturated carbocycles. The molecule has 1 aliphatic heterocycles. The Morgan fingerprint density at radius 2 is 1.87 bits per heavy atom. The molecule has 0 atom stereocenters. The monoisotopic (exact) mass is 348 g/mol. The molecule has 90 valence electrons. The molecule has 0 amide bonds. The van der Waals surface area contributed by atoms with Gasteiger partial charge in [-0.05, 0) is 6.42 Å². The lowest BCUT2D eigenvalue weighted by molar-refractivity contribution is 0.181. The topological polar surface area (TPSA) is 49.9 Å². The van der Waals surface area contributed by atoms with Gasteiger partial charge in [-0.3, -0.25) is 0 Å². The van der Waals surface area contributed by atoms with Crippen molar-refractivity contribution < 1.29 is 11.5 Å². The number of halogens is 1. The number of hydrogen-bond donors (Lipinski definition) is 0. The summed E-state index contributed by atoms with van der Waals surface area (Å²) in [5.41, 5.74) is 0. The lowest BCUT2D eigenvalue weighted by Crippen LogP contribution is -2.48. The van der Waals surface area contributed by atoms with E-state index in [-0.39, 0.29) is 0 Å². The molecule has 0 unspecified atom stereocenters. The SMILES string of the molecule is CS(=O)(=O)N1CCN(CCCOI)CC1. The highest BCUT2D eigenvalue weighted by atomic mass is 127. The molecule has 1 rings (SSSR count). The quantitative estimate of drug-likeness (QED) is 0.531. The number of nitrogens with zero attached hydrogens (tertiary/aromatic N) is 2. The van der Waals surface area contributed by atoms with Crippen LogP contribution in [0.4, 0.5) is 0 Å². The molecule has 0 aliphatic carbocycles. The van der Waals surface area contributed by atoms with Crippen LogP contribution in [0.5, 0.6) is 0 Å². The zero-order valence-corrected chi connectivity index (χ0v) is 11.8. The van der Waals surface area contributed by atoms with Crippen LogP contribution in [0.3, 0.4) is 0 Å². The predicted octanol–water partition coefficient (Wildman–Crippen LogP) is 0.320. The Morgan fingerprint density at radius 3 is 2.33 bits per heavy atom. The van der Waals surface area contributed by atoms with Crippen LogP contribution in [0.15, 0.2) is 0 Å². The van der Waals surface area contributed by atoms with Gasteiger partial charge in [0.05, 0.1) is 12.9 Å². The van der Waals surface area contributed by atoms with E-state index < -0.39 is 10.0 Å². The summed E-state index contributed by atoms with van der Waals surface area (Å²) < 4.78 is 29.0. The maximum absolute atomic E-state index is 11.2. The van der Waals surface area contributed by atoms with Crippen LogP contribution in [0.2, 0.25) is 0 Å². The van der Waals surface area contributed by atoms with Crippen molar-refractivity contribution in [3.8, 4) is 0 Å². The van der Waals surface area contributed by atoms with Crippen LogP contribution in [-0.4, -0.2) is 63.2 Å². The maximum atomic E-state index is 11.2. The van der Waals surface area contributed by atoms with Crippen LogP contribution in [0.25, 0.3) is 0 Å². The molecule has 1 heterocycles. The van der Waals surface area contributed by atoms with E-state index in [1.165, 1.54) is 6.26 Å². The zero-order valence-electron chi connectivity index (χ0n) is 8.86. The second kappa shape index (κ2) is 6.33. The van der Waals surface area contributed by atoms with Crippen molar-refractivity contribution in [1.82, 2.24) is 9.21 Å². The van der Waals surface area contributed by atoms with E-state index >= 15 is 0 Å². The molecular formula is C8H17IN2O3S. The highest BCUT2D eigenvalue weighted by Gasteiger charge is 2.22. The smallest absolute Gasteiger partial charge is 0.211 e. The summed E-state index contributed by atoms with van der Waals surface area (Å²) in [7, 11) is -2.99. The standard InChI is InChI=1S/C8H17IN2O3S/c1-15(12,13)11-6-4-10(5-7-11)3-2-8-14-9/h2-8H2,1H3. The zero-order chi connectivity index (χ0) is 11.3. The van der Waals surface area contributed by atoms with E-state index in [1.807, 2.05) is 23.0 Å². The van der Waals surface area contributed by atoms with E-state index in [1.54, 1.807) is 4.31 Å². The van der Waals surface area contributed by atoms with Gasteiger partial charge in [0.25, 0.3) is 0 Å². The van der Waals surface area contributed by atoms with E-state index in [2.05, 4.69) is 4.90 Å². The minimum Gasteiger partial charge on any atom is -0.316 e. The van der Waals surface area contributed by atoms with E-state index in [0.717, 1.165) is 32.7 Å². The van der Waals surface area contributed by atoms with Gasteiger partial charge in [0, 0.05) is 32.7 Å². The van der Waals surface area contributed by atoms with E-state index in [4.69, 9.17) is 3.07 Å². The van der Waals surface area contributed by atoms with E-state index in [0.29, 0.717) is 13.1 Å². The van der Waals surface area contributed by atoms with Gasteiger partial charge in [-0.1, -0.05) is 0 Å². The molecule has 0 bridgehead atoms. The Hall–Kier alpha value is 0.560. The fourth-order valence-electron chi connectivity index (χ4n) is 1.63. The number of sulfonamides is 1. The van der Waals surface area contributed by atoms with Crippen LogP contribution < -0.4 is 0 Å². The summed E-state index contributed by atoms with van der Waals surface area (Å²) in [6, 6.07) is 0. The number of hydrogen-bond acceptors (Lipinski definition) is 4. The van der Waals surface area contributed by atoms with Crippen LogP contribution in [-0.2, 0) is 13.1 Å². The maximum Gasteiger partial charge on any atom is 0.211 e. The molecule has 1 aliphatic rings. The summed E-state index contributed by atoms with van der Waals surface area (Å²) in [4.78, 5) is 2.28. The molecule has 0 aromatic rings. The molecule has 1 saturated heterocycles. The van der Waals surface area contributed by atoms with Crippen molar-refractivity contribution in [2.24, 2.45) is 0 Å². The molecule has 5 nitrogen and oxygen atoms in total. The number of piperazine rings is 1. The summed E-state index contributed by atoms with van der Waals surface area (Å²) >= 11 is 1.89. The lowest BCUT2D eigenvalue weighted by Gasteiger charge is -2.33. The second-order valence-electron chi connectivity index (χ2n) is 3.67. The van der Waals surface area contributed by atoms with Gasteiger partial charge in [-0.2, -0.15) is 4.31 Å². The van der Waals surface area contributed by atoms with Crippen LogP contribution in [0.1, 0.15) is 6.42 Å². The van der Waals surface area contributed by atoms with Gasteiger partial charge in [0.2, 0.25) is 10.0 Å². The minimum absolute atomic E-state index is 0.615. The fraction of sp³-hybridized carbons (Fsp3) is 1.00. The molecule has 0 aromatic heterocycles. The Morgan fingerprint density at radius 1 is 1.27 bits per heavy atom. The van der Waals surface area contributed by atoms with Gasteiger partial charge in [0.1, 0.15) is 23.0 Å². The molecule has 7 heteroatoms. The molecule has 0 aromatic carbocycles. The number of rotatable bonds is 5. The van der Waals surface area contributed by atoms with Gasteiger partial charge < -0.3 is 7.97 Å². The van der Waals surface area contributed by atoms with Crippen molar-refractivity contribution in [2.45, 2.75) is 6.42 Å². The fourth-order valence-corrected chi connectivity index (χ4v) is 2.77. The first-order chi connectivity index (χ1) is 7.04. The van der Waals surface area contributed by atoms with Crippen molar-refractivity contribution in [1.29, 1.82) is 0 Å². The summed E-state index contributed by atoms with van der Waals surface area (Å²) in [5, 5.41) is 0. The summed E-state index contributed by atoms with van der Waals surface area (Å²) in [5.74, 6) is 0. The molecule has 1 fully saturated rings. The van der Waals surface area contributed by atoms with Crippen molar-refractivity contribution in [3.05, 3.63) is 0 Å². The predicted molar refractivity (Wildman–Crippen MR) is 67.4 cm³/mol. The Bertz CT molecular complexity index is 276. The van der Waals surface area contributed by atoms with Gasteiger partial charge in [-0.15, -0.1) is 0 Å². The first kappa shape index (κ1) is 13.6. The summed E-state index contributed by atoms with van der Waals surface area (Å²) in [6.07, 6.45) is 2.27. The molecule has 0 radical (unpaired) electrons. The average molecular weight is 348 g/mol. The van der Waals surface area contributed by atoms with Gasteiger partial charge in [-0.25, -0.2) is 8.42 Å². The molecule has 15 heavy (non-hydrogen) atoms. The van der Waals surface area contributed by atoms with Crippen molar-refractivity contribution in [2.75, 3.05) is 45.6 Å². The average Bonchev–Trinajstić information content (AvgIpc) is 2.18. The minimum atomic E-state index is -2.99. The molecule has 0 N–H and O–H groups in total. The van der Waals surface area contributed by atoms with Crippen molar-refractivity contribution >= 4 is 33.0 Å². The van der Waals surface area contributed by atoms with Gasteiger partial charge >= 0.3 is 0 Å². The van der Waals surface area contributed by atoms with E-state index in [9.17, 15) is 8.42 Å². The Labute approximate surface area is 105 Å². The third-order valence-corrected chi connectivity index (χ3v) is 4.24. The van der Waals surface area contributed by atoms with Gasteiger partial charge in [0.15, 0.2) is 0 Å². The normalized spacial score (nSPS) is 20.7. The second-order valence-corrected chi connectivity index (χ2v) is 6.28. The molecule has 0 spiro atoms.